The fourth-order valence-corrected chi connectivity index (χ4v) is 3.48. The van der Waals surface area contributed by atoms with Gasteiger partial charge in [0, 0.05) is 25.9 Å². The van der Waals surface area contributed by atoms with E-state index >= 15 is 4.39 Å². The zero-order chi connectivity index (χ0) is 23.4. The van der Waals surface area contributed by atoms with Gasteiger partial charge in [0.2, 0.25) is 0 Å². The van der Waals surface area contributed by atoms with E-state index < -0.39 is 11.8 Å². The van der Waals surface area contributed by atoms with Gasteiger partial charge in [-0.25, -0.2) is 19.2 Å². The van der Waals surface area contributed by atoms with Crippen molar-refractivity contribution in [2.45, 2.75) is 13.5 Å². The first-order chi connectivity index (χ1) is 15.3. The first-order valence-corrected chi connectivity index (χ1v) is 10.1. The number of benzene rings is 1. The molecule has 1 aromatic carbocycles. The quantitative estimate of drug-likeness (QED) is 0.515. The number of hydrogen-bond donors (Lipinski definition) is 1. The Hall–Kier alpha value is -3.52. The number of aryl methyl sites for hydroxylation is 1. The fourth-order valence-electron chi connectivity index (χ4n) is 3.16. The Labute approximate surface area is 190 Å². The first-order valence-electron chi connectivity index (χ1n) is 9.71. The highest BCUT2D eigenvalue weighted by molar-refractivity contribution is 6.33. The van der Waals surface area contributed by atoms with E-state index in [-0.39, 0.29) is 27.8 Å². The Morgan fingerprint density at radius 1 is 1.31 bits per heavy atom. The number of hydrogen-bond acceptors (Lipinski definition) is 7. The number of rotatable bonds is 7. The number of carbonyl (C=O) groups excluding carboxylic acids is 1. The zero-order valence-corrected chi connectivity index (χ0v) is 19.0. The minimum Gasteiger partial charge on any atom is -0.464 e. The van der Waals surface area contributed by atoms with E-state index in [1.165, 1.54) is 19.3 Å². The van der Waals surface area contributed by atoms with E-state index in [9.17, 15) is 4.79 Å². The predicted octanol–water partition coefficient (Wildman–Crippen LogP) is 4.75. The molecule has 0 amide bonds. The maximum Gasteiger partial charge on any atom is 0.357 e. The molecule has 0 atom stereocenters. The highest BCUT2D eigenvalue weighted by Crippen LogP contribution is 2.35. The second-order valence-corrected chi connectivity index (χ2v) is 7.53. The molecular weight excluding hydrogens is 433 g/mol. The van der Waals surface area contributed by atoms with Crippen LogP contribution < -0.4 is 10.2 Å². The molecular formula is C23H23ClFN5O2. The molecule has 2 heterocycles. The van der Waals surface area contributed by atoms with Crippen LogP contribution in [0.15, 0.2) is 37.0 Å². The number of aromatic nitrogens is 3. The van der Waals surface area contributed by atoms with Crippen LogP contribution in [-0.4, -0.2) is 42.1 Å². The van der Waals surface area contributed by atoms with E-state index in [1.54, 1.807) is 31.3 Å². The molecule has 0 radical (unpaired) electrons. The summed E-state index contributed by atoms with van der Waals surface area (Å²) < 4.78 is 20.2. The molecule has 0 unspecified atom stereocenters. The van der Waals surface area contributed by atoms with Gasteiger partial charge >= 0.3 is 5.97 Å². The summed E-state index contributed by atoms with van der Waals surface area (Å²) in [6.45, 7) is 6.04. The predicted molar refractivity (Wildman–Crippen MR) is 124 cm³/mol. The van der Waals surface area contributed by atoms with E-state index in [0.717, 1.165) is 11.3 Å². The minimum absolute atomic E-state index is 0.00788. The van der Waals surface area contributed by atoms with Crippen molar-refractivity contribution in [3.8, 4) is 11.4 Å². The number of nitrogens with zero attached hydrogens (tertiary/aromatic N) is 4. The molecule has 7 nitrogen and oxygen atoms in total. The van der Waals surface area contributed by atoms with E-state index in [0.29, 0.717) is 17.9 Å². The second kappa shape index (κ2) is 9.74. The van der Waals surface area contributed by atoms with E-state index in [4.69, 9.17) is 16.3 Å². The van der Waals surface area contributed by atoms with Crippen molar-refractivity contribution < 1.29 is 13.9 Å². The van der Waals surface area contributed by atoms with Crippen LogP contribution in [0.1, 0.15) is 27.3 Å². The summed E-state index contributed by atoms with van der Waals surface area (Å²) >= 11 is 6.17. The molecule has 0 spiro atoms. The van der Waals surface area contributed by atoms with Crippen molar-refractivity contribution in [1.29, 1.82) is 0 Å². The van der Waals surface area contributed by atoms with Gasteiger partial charge in [0.25, 0.3) is 0 Å². The smallest absolute Gasteiger partial charge is 0.357 e. The van der Waals surface area contributed by atoms with Crippen LogP contribution in [0.4, 0.5) is 15.9 Å². The van der Waals surface area contributed by atoms with Crippen LogP contribution in [0.3, 0.4) is 0 Å². The summed E-state index contributed by atoms with van der Waals surface area (Å²) in [4.78, 5) is 27.2. The average Bonchev–Trinajstić information content (AvgIpc) is 2.77. The van der Waals surface area contributed by atoms with Crippen LogP contribution in [-0.2, 0) is 11.3 Å². The molecule has 1 N–H and O–H groups in total. The number of halogens is 2. The molecule has 0 saturated carbocycles. The highest BCUT2D eigenvalue weighted by Gasteiger charge is 2.23. The molecule has 0 bridgehead atoms. The van der Waals surface area contributed by atoms with Crippen molar-refractivity contribution in [3.63, 3.8) is 0 Å². The van der Waals surface area contributed by atoms with Crippen molar-refractivity contribution in [2.24, 2.45) is 0 Å². The normalized spacial score (nSPS) is 10.6. The number of esters is 1. The van der Waals surface area contributed by atoms with Gasteiger partial charge in [0.15, 0.2) is 17.3 Å². The van der Waals surface area contributed by atoms with Gasteiger partial charge in [-0.3, -0.25) is 4.98 Å². The summed E-state index contributed by atoms with van der Waals surface area (Å²) in [7, 11) is 4.60. The summed E-state index contributed by atoms with van der Waals surface area (Å²) in [6.07, 6.45) is 3.14. The standard InChI is InChI=1S/C23H23ClFN5O2/c1-6-14-19(23(31)32-5)28-22(15-9-10-16(24)20(18(15)25)30(3)4)29-21(14)27-12-17-13(2)8-7-11-26-17/h6-11H,1,12H2,2-5H3,(H,27,28,29). The van der Waals surface area contributed by atoms with Crippen LogP contribution in [0, 0.1) is 12.7 Å². The Morgan fingerprint density at radius 2 is 2.06 bits per heavy atom. The Bertz CT molecular complexity index is 1180. The summed E-state index contributed by atoms with van der Waals surface area (Å²) in [5.41, 5.74) is 2.39. The molecule has 0 aliphatic heterocycles. The highest BCUT2D eigenvalue weighted by atomic mass is 35.5. The van der Waals surface area contributed by atoms with Gasteiger partial charge < -0.3 is 15.0 Å². The van der Waals surface area contributed by atoms with E-state index in [2.05, 4.69) is 26.8 Å². The third kappa shape index (κ3) is 4.55. The number of methoxy groups -OCH3 is 1. The van der Waals surface area contributed by atoms with Crippen molar-refractivity contribution in [2.75, 3.05) is 31.4 Å². The van der Waals surface area contributed by atoms with Crippen molar-refractivity contribution in [1.82, 2.24) is 15.0 Å². The van der Waals surface area contributed by atoms with Crippen molar-refractivity contribution >= 4 is 35.2 Å². The van der Waals surface area contributed by atoms with Gasteiger partial charge in [-0.1, -0.05) is 30.3 Å². The van der Waals surface area contributed by atoms with Crippen LogP contribution in [0.2, 0.25) is 5.02 Å². The van der Waals surface area contributed by atoms with Crippen LogP contribution in [0.25, 0.3) is 17.5 Å². The summed E-state index contributed by atoms with van der Waals surface area (Å²) in [5.74, 6) is -0.983. The topological polar surface area (TPSA) is 80.2 Å². The molecule has 9 heteroatoms. The molecule has 0 saturated heterocycles. The number of nitrogens with one attached hydrogen (secondary N) is 1. The fraction of sp³-hybridized carbons (Fsp3) is 0.217. The molecule has 3 rings (SSSR count). The Morgan fingerprint density at radius 3 is 2.69 bits per heavy atom. The third-order valence-electron chi connectivity index (χ3n) is 4.82. The lowest BCUT2D eigenvalue weighted by molar-refractivity contribution is 0.0593. The van der Waals surface area contributed by atoms with Gasteiger partial charge in [-0.05, 0) is 30.7 Å². The van der Waals surface area contributed by atoms with Gasteiger partial charge in [0.05, 0.1) is 35.6 Å². The Kier molecular flexibility index (Phi) is 7.05. The molecule has 32 heavy (non-hydrogen) atoms. The lowest BCUT2D eigenvalue weighted by Gasteiger charge is -2.18. The lowest BCUT2D eigenvalue weighted by Crippen LogP contribution is -2.15. The first kappa shape index (κ1) is 23.1. The maximum atomic E-state index is 15.3. The average molecular weight is 456 g/mol. The number of anilines is 2. The lowest BCUT2D eigenvalue weighted by atomic mass is 10.1. The summed E-state index contributed by atoms with van der Waals surface area (Å²) in [6, 6.07) is 6.82. The largest absolute Gasteiger partial charge is 0.464 e. The number of ether oxygens (including phenoxy) is 1. The van der Waals surface area contributed by atoms with Gasteiger partial charge in [-0.15, -0.1) is 0 Å². The molecule has 2 aromatic heterocycles. The molecule has 0 fully saturated rings. The van der Waals surface area contributed by atoms with Crippen molar-refractivity contribution in [3.05, 3.63) is 70.4 Å². The van der Waals surface area contributed by atoms with Gasteiger partial charge in [0.1, 0.15) is 5.82 Å². The molecule has 166 valence electrons. The van der Waals surface area contributed by atoms with Gasteiger partial charge in [-0.2, -0.15) is 0 Å². The monoisotopic (exact) mass is 455 g/mol. The SMILES string of the molecule is C=Cc1c(NCc2ncccc2C)nc(-c2ccc(Cl)c(N(C)C)c2F)nc1C(=O)OC. The number of pyridine rings is 1. The molecule has 0 aliphatic rings. The maximum absolute atomic E-state index is 15.3. The summed E-state index contributed by atoms with van der Waals surface area (Å²) in [5, 5.41) is 3.41. The number of carbonyl (C=O) groups is 1. The minimum atomic E-state index is -0.692. The van der Waals surface area contributed by atoms with Crippen LogP contribution in [0.5, 0.6) is 0 Å². The second-order valence-electron chi connectivity index (χ2n) is 7.13. The van der Waals surface area contributed by atoms with Crippen LogP contribution >= 0.6 is 11.6 Å². The molecule has 0 aliphatic carbocycles. The zero-order valence-electron chi connectivity index (χ0n) is 18.2. The van der Waals surface area contributed by atoms with E-state index in [1.807, 2.05) is 19.1 Å². The third-order valence-corrected chi connectivity index (χ3v) is 5.13. The molecule has 3 aromatic rings. The Balaban J connectivity index is 2.17.